The van der Waals surface area contributed by atoms with Crippen molar-refractivity contribution in [1.82, 2.24) is 20.2 Å². The number of ether oxygens (including phenoxy) is 1. The number of hydrogen-bond donors (Lipinski definition) is 2. The van der Waals surface area contributed by atoms with Crippen molar-refractivity contribution in [3.05, 3.63) is 18.2 Å². The molecule has 2 N–H and O–H groups in total. The lowest BCUT2D eigenvalue weighted by Gasteiger charge is -2.03. The minimum absolute atomic E-state index is 0.0325. The van der Waals surface area contributed by atoms with Crippen LogP contribution in [0.5, 0.6) is 11.5 Å². The number of carbonyl (C=O) groups is 1. The fourth-order valence-corrected chi connectivity index (χ4v) is 1.64. The van der Waals surface area contributed by atoms with Gasteiger partial charge in [-0.25, -0.2) is 0 Å². The first-order valence-electron chi connectivity index (χ1n) is 5.97. The van der Waals surface area contributed by atoms with Gasteiger partial charge in [0.15, 0.2) is 11.5 Å². The number of aryl methyl sites for hydroxylation is 1. The van der Waals surface area contributed by atoms with Gasteiger partial charge < -0.3 is 14.9 Å². The van der Waals surface area contributed by atoms with Crippen molar-refractivity contribution in [2.75, 3.05) is 7.11 Å². The number of tetrazole rings is 1. The molecule has 106 valence electrons. The molecule has 0 atom stereocenters. The number of hydrogen-bond acceptors (Lipinski definition) is 6. The predicted octanol–water partition coefficient (Wildman–Crippen LogP) is 0.919. The molecule has 2 aromatic rings. The minimum Gasteiger partial charge on any atom is -0.504 e. The maximum atomic E-state index is 10.4. The summed E-state index contributed by atoms with van der Waals surface area (Å²) in [7, 11) is 1.45. The van der Waals surface area contributed by atoms with Crippen molar-refractivity contribution in [1.29, 1.82) is 0 Å². The summed E-state index contributed by atoms with van der Waals surface area (Å²) in [5.74, 6) is -0.109. The lowest BCUT2D eigenvalue weighted by Crippen LogP contribution is -2.05. The summed E-state index contributed by atoms with van der Waals surface area (Å²) >= 11 is 0. The van der Waals surface area contributed by atoms with Crippen molar-refractivity contribution >= 4 is 5.97 Å². The van der Waals surface area contributed by atoms with E-state index in [1.165, 1.54) is 18.0 Å². The van der Waals surface area contributed by atoms with E-state index in [4.69, 9.17) is 9.84 Å². The predicted molar refractivity (Wildman–Crippen MR) is 68.3 cm³/mol. The zero-order valence-corrected chi connectivity index (χ0v) is 10.9. The van der Waals surface area contributed by atoms with Crippen molar-refractivity contribution < 1.29 is 19.7 Å². The largest absolute Gasteiger partial charge is 0.504 e. The van der Waals surface area contributed by atoms with E-state index in [9.17, 15) is 9.90 Å². The van der Waals surface area contributed by atoms with Crippen molar-refractivity contribution in [2.45, 2.75) is 19.4 Å². The molecule has 0 aliphatic carbocycles. The number of nitrogens with zero attached hydrogens (tertiary/aromatic N) is 4. The summed E-state index contributed by atoms with van der Waals surface area (Å²) < 4.78 is 5.01. The molecule has 1 heterocycles. The van der Waals surface area contributed by atoms with E-state index in [1.807, 2.05) is 0 Å². The van der Waals surface area contributed by atoms with Gasteiger partial charge in [-0.2, -0.15) is 4.80 Å². The average Bonchev–Trinajstić information content (AvgIpc) is 2.87. The fourth-order valence-electron chi connectivity index (χ4n) is 1.64. The Morgan fingerprint density at radius 1 is 1.45 bits per heavy atom. The van der Waals surface area contributed by atoms with E-state index < -0.39 is 5.97 Å². The van der Waals surface area contributed by atoms with E-state index in [-0.39, 0.29) is 12.2 Å². The van der Waals surface area contributed by atoms with Crippen LogP contribution in [-0.2, 0) is 11.3 Å². The molecule has 8 heteroatoms. The molecule has 0 bridgehead atoms. The molecule has 20 heavy (non-hydrogen) atoms. The second-order valence-corrected chi connectivity index (χ2v) is 4.09. The third-order valence-corrected chi connectivity index (χ3v) is 2.64. The van der Waals surface area contributed by atoms with Crippen LogP contribution in [0.1, 0.15) is 12.8 Å². The molecule has 0 aliphatic heterocycles. The van der Waals surface area contributed by atoms with Crippen LogP contribution in [0, 0.1) is 0 Å². The molecule has 1 aromatic carbocycles. The highest BCUT2D eigenvalue weighted by Crippen LogP contribution is 2.29. The second kappa shape index (κ2) is 6.00. The molecule has 8 nitrogen and oxygen atoms in total. The number of phenolic OH excluding ortho intramolecular Hbond substituents is 1. The first-order chi connectivity index (χ1) is 9.60. The Hall–Kier alpha value is -2.64. The number of benzene rings is 1. The SMILES string of the molecule is COc1cc(-c2nnn(CCCC(=O)O)n2)ccc1O. The second-order valence-electron chi connectivity index (χ2n) is 4.09. The highest BCUT2D eigenvalue weighted by molar-refractivity contribution is 5.66. The summed E-state index contributed by atoms with van der Waals surface area (Å²) in [6.45, 7) is 0.383. The average molecular weight is 278 g/mol. The lowest BCUT2D eigenvalue weighted by atomic mass is 10.2. The van der Waals surface area contributed by atoms with Gasteiger partial charge in [0.05, 0.1) is 13.7 Å². The first-order valence-corrected chi connectivity index (χ1v) is 5.97. The van der Waals surface area contributed by atoms with E-state index in [1.54, 1.807) is 12.1 Å². The van der Waals surface area contributed by atoms with Crippen molar-refractivity contribution in [3.63, 3.8) is 0 Å². The number of methoxy groups -OCH3 is 1. The maximum absolute atomic E-state index is 10.4. The quantitative estimate of drug-likeness (QED) is 0.808. The molecule has 0 radical (unpaired) electrons. The van der Waals surface area contributed by atoms with Gasteiger partial charge in [0.25, 0.3) is 0 Å². The number of carboxylic acid groups (broad SMARTS) is 1. The standard InChI is InChI=1S/C12H14N4O4/c1-20-10-7-8(4-5-9(10)17)12-13-15-16(14-12)6-2-3-11(18)19/h4-5,7,17H,2-3,6H2,1H3,(H,18,19). The van der Waals surface area contributed by atoms with Gasteiger partial charge in [0.1, 0.15) is 0 Å². The van der Waals surface area contributed by atoms with Crippen LogP contribution >= 0.6 is 0 Å². The highest BCUT2D eigenvalue weighted by Gasteiger charge is 2.10. The molecule has 0 amide bonds. The molecule has 0 fully saturated rings. The molecular formula is C12H14N4O4. The van der Waals surface area contributed by atoms with E-state index >= 15 is 0 Å². The van der Waals surface area contributed by atoms with Gasteiger partial charge >= 0.3 is 5.97 Å². The summed E-state index contributed by atoms with van der Waals surface area (Å²) in [4.78, 5) is 11.8. The van der Waals surface area contributed by atoms with Crippen molar-refractivity contribution in [2.24, 2.45) is 0 Å². The van der Waals surface area contributed by atoms with Crippen LogP contribution in [0.15, 0.2) is 18.2 Å². The third-order valence-electron chi connectivity index (χ3n) is 2.64. The normalized spacial score (nSPS) is 10.4. The van der Waals surface area contributed by atoms with Crippen LogP contribution in [0.2, 0.25) is 0 Å². The minimum atomic E-state index is -0.853. The van der Waals surface area contributed by atoms with Gasteiger partial charge in [-0.05, 0) is 29.8 Å². The molecule has 0 unspecified atom stereocenters. The molecule has 0 aliphatic rings. The van der Waals surface area contributed by atoms with Crippen LogP contribution < -0.4 is 4.74 Å². The van der Waals surface area contributed by atoms with Gasteiger partial charge in [0.2, 0.25) is 5.82 Å². The van der Waals surface area contributed by atoms with Crippen LogP contribution in [-0.4, -0.2) is 43.5 Å². The number of carboxylic acids is 1. The molecular weight excluding hydrogens is 264 g/mol. The Bertz CT molecular complexity index is 611. The van der Waals surface area contributed by atoms with Gasteiger partial charge in [-0.1, -0.05) is 0 Å². The Morgan fingerprint density at radius 3 is 2.95 bits per heavy atom. The first kappa shape index (κ1) is 13.8. The number of aliphatic carboxylic acids is 1. The third kappa shape index (κ3) is 3.22. The summed E-state index contributed by atoms with van der Waals surface area (Å²) in [5.41, 5.74) is 0.657. The molecule has 0 spiro atoms. The lowest BCUT2D eigenvalue weighted by molar-refractivity contribution is -0.137. The smallest absolute Gasteiger partial charge is 0.303 e. The molecule has 2 rings (SSSR count). The van der Waals surface area contributed by atoms with E-state index in [2.05, 4.69) is 15.4 Å². The maximum Gasteiger partial charge on any atom is 0.303 e. The van der Waals surface area contributed by atoms with Crippen molar-refractivity contribution in [3.8, 4) is 22.9 Å². The zero-order valence-electron chi connectivity index (χ0n) is 10.9. The summed E-state index contributed by atoms with van der Waals surface area (Å²) in [5, 5.41) is 29.9. The van der Waals surface area contributed by atoms with Crippen LogP contribution in [0.25, 0.3) is 11.4 Å². The van der Waals surface area contributed by atoms with Crippen LogP contribution in [0.4, 0.5) is 0 Å². The number of phenols is 1. The molecule has 0 saturated carbocycles. The molecule has 1 aromatic heterocycles. The monoisotopic (exact) mass is 278 g/mol. The number of aromatic hydroxyl groups is 1. The topological polar surface area (TPSA) is 110 Å². The Labute approximate surface area is 114 Å². The molecule has 0 saturated heterocycles. The summed E-state index contributed by atoms with van der Waals surface area (Å²) in [6.07, 6.45) is 0.494. The van der Waals surface area contributed by atoms with Gasteiger partial charge in [0, 0.05) is 12.0 Å². The van der Waals surface area contributed by atoms with E-state index in [0.717, 1.165) is 0 Å². The highest BCUT2D eigenvalue weighted by atomic mass is 16.5. The van der Waals surface area contributed by atoms with Crippen LogP contribution in [0.3, 0.4) is 0 Å². The number of rotatable bonds is 6. The van der Waals surface area contributed by atoms with E-state index in [0.29, 0.717) is 30.1 Å². The zero-order chi connectivity index (χ0) is 14.5. The Kier molecular flexibility index (Phi) is 4.14. The van der Waals surface area contributed by atoms with Gasteiger partial charge in [-0.15, -0.1) is 10.2 Å². The Balaban J connectivity index is 2.10. The fraction of sp³-hybridized carbons (Fsp3) is 0.333. The number of aromatic nitrogens is 4. The Morgan fingerprint density at radius 2 is 2.25 bits per heavy atom. The van der Waals surface area contributed by atoms with Gasteiger partial charge in [-0.3, -0.25) is 4.79 Å². The summed E-state index contributed by atoms with van der Waals surface area (Å²) in [6, 6.07) is 4.74.